The van der Waals surface area contributed by atoms with E-state index in [4.69, 9.17) is 16.3 Å². The number of rotatable bonds is 5. The Morgan fingerprint density at radius 1 is 1.45 bits per heavy atom. The average Bonchev–Trinajstić information content (AvgIpc) is 2.44. The van der Waals surface area contributed by atoms with Gasteiger partial charge in [-0.15, -0.1) is 0 Å². The number of pyridine rings is 1. The van der Waals surface area contributed by atoms with E-state index in [1.54, 1.807) is 6.20 Å². The third kappa shape index (κ3) is 3.69. The maximum absolute atomic E-state index is 13.5. The van der Waals surface area contributed by atoms with Gasteiger partial charge in [-0.25, -0.2) is 9.37 Å². The SMILES string of the molecule is CCNCc1cccnc1Oc1cc(F)c(Cl)cc1Br. The van der Waals surface area contributed by atoms with Gasteiger partial charge in [-0.2, -0.15) is 0 Å². The summed E-state index contributed by atoms with van der Waals surface area (Å²) < 4.78 is 19.7. The minimum absolute atomic E-state index is 0.0399. The van der Waals surface area contributed by atoms with Crippen LogP contribution in [-0.4, -0.2) is 11.5 Å². The van der Waals surface area contributed by atoms with Crippen LogP contribution in [-0.2, 0) is 6.54 Å². The van der Waals surface area contributed by atoms with Crippen LogP contribution in [0.2, 0.25) is 5.02 Å². The van der Waals surface area contributed by atoms with Gasteiger partial charge in [0.1, 0.15) is 11.6 Å². The minimum Gasteiger partial charge on any atom is -0.437 e. The summed E-state index contributed by atoms with van der Waals surface area (Å²) in [4.78, 5) is 4.18. The molecule has 1 aromatic carbocycles. The van der Waals surface area contributed by atoms with E-state index in [0.29, 0.717) is 22.6 Å². The third-order valence-electron chi connectivity index (χ3n) is 2.60. The van der Waals surface area contributed by atoms with Gasteiger partial charge in [0.05, 0.1) is 9.50 Å². The van der Waals surface area contributed by atoms with Gasteiger partial charge < -0.3 is 10.1 Å². The Morgan fingerprint density at radius 2 is 2.25 bits per heavy atom. The summed E-state index contributed by atoms with van der Waals surface area (Å²) in [5.41, 5.74) is 0.900. The Hall–Kier alpha value is -1.17. The molecule has 0 radical (unpaired) electrons. The lowest BCUT2D eigenvalue weighted by Gasteiger charge is -2.11. The second-order valence-corrected chi connectivity index (χ2v) is 5.31. The smallest absolute Gasteiger partial charge is 0.223 e. The Kier molecular flexibility index (Phi) is 5.34. The summed E-state index contributed by atoms with van der Waals surface area (Å²) in [7, 11) is 0. The molecule has 20 heavy (non-hydrogen) atoms. The van der Waals surface area contributed by atoms with Crippen molar-refractivity contribution in [3.63, 3.8) is 0 Å². The lowest BCUT2D eigenvalue weighted by Crippen LogP contribution is -2.12. The molecule has 0 bridgehead atoms. The van der Waals surface area contributed by atoms with E-state index in [2.05, 4.69) is 26.2 Å². The van der Waals surface area contributed by atoms with Gasteiger partial charge in [0.15, 0.2) is 0 Å². The molecule has 1 heterocycles. The fourth-order valence-electron chi connectivity index (χ4n) is 1.60. The molecule has 1 aromatic heterocycles. The fourth-order valence-corrected chi connectivity index (χ4v) is 2.32. The summed E-state index contributed by atoms with van der Waals surface area (Å²) in [6, 6.07) is 6.43. The van der Waals surface area contributed by atoms with Crippen LogP contribution >= 0.6 is 27.5 Å². The topological polar surface area (TPSA) is 34.2 Å². The standard InChI is InChI=1S/C14H13BrClFN2O/c1-2-18-8-9-4-3-5-19-14(9)20-13-7-12(17)11(16)6-10(13)15/h3-7,18H,2,8H2,1H3. The molecule has 1 N–H and O–H groups in total. The van der Waals surface area contributed by atoms with Crippen molar-refractivity contribution in [3.8, 4) is 11.6 Å². The molecule has 6 heteroatoms. The molecule has 0 aliphatic heterocycles. The van der Waals surface area contributed by atoms with Gasteiger partial charge in [-0.3, -0.25) is 0 Å². The number of aromatic nitrogens is 1. The molecule has 0 fully saturated rings. The second-order valence-electron chi connectivity index (χ2n) is 4.05. The highest BCUT2D eigenvalue weighted by Crippen LogP contribution is 2.34. The highest BCUT2D eigenvalue weighted by atomic mass is 79.9. The van der Waals surface area contributed by atoms with Crippen molar-refractivity contribution >= 4 is 27.5 Å². The largest absolute Gasteiger partial charge is 0.437 e. The molecule has 0 spiro atoms. The minimum atomic E-state index is -0.533. The number of benzene rings is 1. The van der Waals surface area contributed by atoms with Crippen molar-refractivity contribution in [1.29, 1.82) is 0 Å². The van der Waals surface area contributed by atoms with Gasteiger partial charge in [0.25, 0.3) is 0 Å². The maximum Gasteiger partial charge on any atom is 0.223 e. The Morgan fingerprint density at radius 3 is 3.00 bits per heavy atom. The van der Waals surface area contributed by atoms with Crippen molar-refractivity contribution in [1.82, 2.24) is 10.3 Å². The van der Waals surface area contributed by atoms with Crippen LogP contribution in [0.1, 0.15) is 12.5 Å². The number of ether oxygens (including phenoxy) is 1. The molecule has 0 amide bonds. The zero-order valence-electron chi connectivity index (χ0n) is 10.8. The quantitative estimate of drug-likeness (QED) is 0.796. The first-order valence-electron chi connectivity index (χ1n) is 6.08. The molecule has 0 saturated heterocycles. The first kappa shape index (κ1) is 15.2. The van der Waals surface area contributed by atoms with E-state index in [-0.39, 0.29) is 5.02 Å². The maximum atomic E-state index is 13.5. The average molecular weight is 360 g/mol. The van der Waals surface area contributed by atoms with E-state index >= 15 is 0 Å². The zero-order chi connectivity index (χ0) is 14.5. The summed E-state index contributed by atoms with van der Waals surface area (Å²) in [5.74, 6) is 0.244. The van der Waals surface area contributed by atoms with Crippen molar-refractivity contribution in [3.05, 3.63) is 51.3 Å². The molecule has 106 valence electrons. The van der Waals surface area contributed by atoms with E-state index in [9.17, 15) is 4.39 Å². The van der Waals surface area contributed by atoms with E-state index in [0.717, 1.165) is 12.1 Å². The number of halogens is 3. The van der Waals surface area contributed by atoms with Crippen LogP contribution in [0, 0.1) is 5.82 Å². The molecular weight excluding hydrogens is 347 g/mol. The molecule has 2 aromatic rings. The van der Waals surface area contributed by atoms with Crippen molar-refractivity contribution in [2.75, 3.05) is 6.54 Å². The van der Waals surface area contributed by atoms with E-state index in [1.165, 1.54) is 12.1 Å². The first-order chi connectivity index (χ1) is 9.61. The third-order valence-corrected chi connectivity index (χ3v) is 3.51. The zero-order valence-corrected chi connectivity index (χ0v) is 13.1. The summed E-state index contributed by atoms with van der Waals surface area (Å²) >= 11 is 9.00. The predicted octanol–water partition coefficient (Wildman–Crippen LogP) is 4.54. The van der Waals surface area contributed by atoms with Crippen LogP contribution in [0.3, 0.4) is 0 Å². The predicted molar refractivity (Wildman–Crippen MR) is 80.8 cm³/mol. The van der Waals surface area contributed by atoms with Crippen LogP contribution in [0.25, 0.3) is 0 Å². The number of hydrogen-bond donors (Lipinski definition) is 1. The van der Waals surface area contributed by atoms with Crippen molar-refractivity contribution in [2.24, 2.45) is 0 Å². The summed E-state index contributed by atoms with van der Waals surface area (Å²) in [6.07, 6.45) is 1.63. The molecule has 2 rings (SSSR count). The van der Waals surface area contributed by atoms with Crippen LogP contribution in [0.5, 0.6) is 11.6 Å². The van der Waals surface area contributed by atoms with E-state index < -0.39 is 5.82 Å². The molecule has 0 aliphatic rings. The number of nitrogens with one attached hydrogen (secondary N) is 1. The lowest BCUT2D eigenvalue weighted by molar-refractivity contribution is 0.446. The highest BCUT2D eigenvalue weighted by molar-refractivity contribution is 9.10. The lowest BCUT2D eigenvalue weighted by atomic mass is 10.2. The summed E-state index contributed by atoms with van der Waals surface area (Å²) in [5, 5.41) is 3.24. The monoisotopic (exact) mass is 358 g/mol. The summed E-state index contributed by atoms with van der Waals surface area (Å²) in [6.45, 7) is 3.49. The first-order valence-corrected chi connectivity index (χ1v) is 7.26. The molecule has 0 aliphatic carbocycles. The fraction of sp³-hybridized carbons (Fsp3) is 0.214. The van der Waals surface area contributed by atoms with E-state index in [1.807, 2.05) is 19.1 Å². The van der Waals surface area contributed by atoms with Crippen molar-refractivity contribution in [2.45, 2.75) is 13.5 Å². The molecule has 0 unspecified atom stereocenters. The van der Waals surface area contributed by atoms with Crippen LogP contribution in [0.15, 0.2) is 34.9 Å². The van der Waals surface area contributed by atoms with Gasteiger partial charge >= 0.3 is 0 Å². The number of hydrogen-bond acceptors (Lipinski definition) is 3. The van der Waals surface area contributed by atoms with Crippen LogP contribution < -0.4 is 10.1 Å². The Balaban J connectivity index is 2.28. The van der Waals surface area contributed by atoms with Gasteiger partial charge in [-0.1, -0.05) is 24.6 Å². The van der Waals surface area contributed by atoms with Crippen molar-refractivity contribution < 1.29 is 9.13 Å². The molecular formula is C14H13BrClFN2O. The Bertz CT molecular complexity index is 610. The van der Waals surface area contributed by atoms with Gasteiger partial charge in [-0.05, 0) is 34.6 Å². The normalized spacial score (nSPS) is 10.6. The van der Waals surface area contributed by atoms with Gasteiger partial charge in [0, 0.05) is 24.4 Å². The molecule has 0 atom stereocenters. The van der Waals surface area contributed by atoms with Gasteiger partial charge in [0.2, 0.25) is 5.88 Å². The highest BCUT2D eigenvalue weighted by Gasteiger charge is 2.11. The van der Waals surface area contributed by atoms with Crippen LogP contribution in [0.4, 0.5) is 4.39 Å². The molecule has 3 nitrogen and oxygen atoms in total. The Labute approximate surface area is 130 Å². The number of nitrogens with zero attached hydrogens (tertiary/aromatic N) is 1. The second kappa shape index (κ2) is 7.02. The molecule has 0 saturated carbocycles.